The molecule has 1 aliphatic carbocycles. The van der Waals surface area contributed by atoms with Crippen molar-refractivity contribution in [3.63, 3.8) is 0 Å². The molecule has 2 atom stereocenters. The number of hydrogen-bond donors (Lipinski definition) is 4. The van der Waals surface area contributed by atoms with Gasteiger partial charge in [0.2, 0.25) is 0 Å². The van der Waals surface area contributed by atoms with Crippen LogP contribution in [-0.4, -0.2) is 28.7 Å². The lowest BCUT2D eigenvalue weighted by molar-refractivity contribution is -0.145. The molecular formula is C7H15N3O2. The van der Waals surface area contributed by atoms with Crippen LogP contribution in [0.25, 0.3) is 0 Å². The number of carboxylic acids is 1. The molecule has 0 aliphatic heterocycles. The van der Waals surface area contributed by atoms with Crippen molar-refractivity contribution in [3.8, 4) is 0 Å². The highest BCUT2D eigenvalue weighted by molar-refractivity contribution is 5.78. The van der Waals surface area contributed by atoms with E-state index in [1.807, 2.05) is 0 Å². The van der Waals surface area contributed by atoms with Gasteiger partial charge in [-0.15, -0.1) is 0 Å². The van der Waals surface area contributed by atoms with E-state index >= 15 is 0 Å². The van der Waals surface area contributed by atoms with Gasteiger partial charge in [0.05, 0.1) is 0 Å². The Labute approximate surface area is 70.9 Å². The predicted octanol–water partition coefficient (Wildman–Crippen LogP) is -1.39. The number of carbonyl (C=O) groups is 1. The fraction of sp³-hybridized carbons (Fsp3) is 0.857. The Kier molecular flexibility index (Phi) is 2.36. The molecular weight excluding hydrogens is 158 g/mol. The molecule has 0 heterocycles. The Morgan fingerprint density at radius 1 is 1.33 bits per heavy atom. The average Bonchev–Trinajstić information content (AvgIpc) is 1.82. The maximum atomic E-state index is 10.7. The highest BCUT2D eigenvalue weighted by Crippen LogP contribution is 2.24. The van der Waals surface area contributed by atoms with Gasteiger partial charge in [-0.2, -0.15) is 0 Å². The summed E-state index contributed by atoms with van der Waals surface area (Å²) in [6, 6.07) is -0.371. The van der Waals surface area contributed by atoms with Crippen LogP contribution in [0.15, 0.2) is 0 Å². The van der Waals surface area contributed by atoms with Crippen molar-refractivity contribution in [3.05, 3.63) is 0 Å². The molecule has 70 valence electrons. The zero-order chi connectivity index (χ0) is 9.35. The molecule has 0 aromatic heterocycles. The molecule has 0 radical (unpaired) electrons. The zero-order valence-corrected chi connectivity index (χ0v) is 6.86. The van der Waals surface area contributed by atoms with Gasteiger partial charge < -0.3 is 22.3 Å². The first kappa shape index (κ1) is 9.44. The molecule has 0 aromatic carbocycles. The SMILES string of the molecule is NC1CC(N)CC(N)(C(=O)O)C1. The van der Waals surface area contributed by atoms with Gasteiger partial charge in [-0.3, -0.25) is 4.79 Å². The molecule has 1 aliphatic rings. The fourth-order valence-electron chi connectivity index (χ4n) is 1.75. The highest BCUT2D eigenvalue weighted by Gasteiger charge is 2.41. The molecule has 0 aromatic rings. The minimum Gasteiger partial charge on any atom is -0.480 e. The third-order valence-corrected chi connectivity index (χ3v) is 2.28. The van der Waals surface area contributed by atoms with Gasteiger partial charge in [-0.05, 0) is 19.3 Å². The summed E-state index contributed by atoms with van der Waals surface area (Å²) in [5, 5.41) is 8.80. The Bertz CT molecular complexity index is 185. The van der Waals surface area contributed by atoms with Crippen LogP contribution in [0.4, 0.5) is 0 Å². The van der Waals surface area contributed by atoms with Crippen molar-refractivity contribution in [1.29, 1.82) is 0 Å². The summed E-state index contributed by atoms with van der Waals surface area (Å²) < 4.78 is 0. The summed E-state index contributed by atoms with van der Waals surface area (Å²) in [5.74, 6) is -1.01. The highest BCUT2D eigenvalue weighted by atomic mass is 16.4. The Morgan fingerprint density at radius 3 is 2.08 bits per heavy atom. The molecule has 7 N–H and O–H groups in total. The largest absolute Gasteiger partial charge is 0.480 e. The first-order valence-corrected chi connectivity index (χ1v) is 3.97. The molecule has 2 unspecified atom stereocenters. The summed E-state index contributed by atoms with van der Waals surface area (Å²) >= 11 is 0. The molecule has 0 amide bonds. The summed E-state index contributed by atoms with van der Waals surface area (Å²) in [7, 11) is 0. The predicted molar refractivity (Wildman–Crippen MR) is 44.4 cm³/mol. The van der Waals surface area contributed by atoms with Gasteiger partial charge in [0, 0.05) is 12.1 Å². The molecule has 1 fully saturated rings. The van der Waals surface area contributed by atoms with E-state index in [0.717, 1.165) is 0 Å². The maximum absolute atomic E-state index is 10.7. The van der Waals surface area contributed by atoms with E-state index in [4.69, 9.17) is 22.3 Å². The van der Waals surface area contributed by atoms with Crippen molar-refractivity contribution >= 4 is 5.97 Å². The quantitative estimate of drug-likeness (QED) is 0.389. The summed E-state index contributed by atoms with van der Waals surface area (Å²) in [4.78, 5) is 10.7. The van der Waals surface area contributed by atoms with E-state index < -0.39 is 11.5 Å². The van der Waals surface area contributed by atoms with Crippen molar-refractivity contribution in [2.45, 2.75) is 36.9 Å². The number of rotatable bonds is 1. The Balaban J connectivity index is 2.71. The van der Waals surface area contributed by atoms with Crippen LogP contribution in [0.1, 0.15) is 19.3 Å². The zero-order valence-electron chi connectivity index (χ0n) is 6.86. The van der Waals surface area contributed by atoms with Gasteiger partial charge in [0.25, 0.3) is 0 Å². The van der Waals surface area contributed by atoms with E-state index in [1.165, 1.54) is 0 Å². The van der Waals surface area contributed by atoms with Crippen molar-refractivity contribution in [2.75, 3.05) is 0 Å². The van der Waals surface area contributed by atoms with Crippen LogP contribution < -0.4 is 17.2 Å². The third-order valence-electron chi connectivity index (χ3n) is 2.28. The molecule has 0 bridgehead atoms. The molecule has 0 spiro atoms. The van der Waals surface area contributed by atoms with Crippen LogP contribution in [0.2, 0.25) is 0 Å². The Morgan fingerprint density at radius 2 is 1.75 bits per heavy atom. The lowest BCUT2D eigenvalue weighted by Crippen LogP contribution is -2.59. The van der Waals surface area contributed by atoms with E-state index in [-0.39, 0.29) is 12.1 Å². The minimum atomic E-state index is -1.21. The van der Waals surface area contributed by atoms with Crippen LogP contribution in [0.5, 0.6) is 0 Å². The number of hydrogen-bond acceptors (Lipinski definition) is 4. The molecule has 1 saturated carbocycles. The lowest BCUT2D eigenvalue weighted by Gasteiger charge is -2.36. The summed E-state index contributed by atoms with van der Waals surface area (Å²) in [6.45, 7) is 0. The van der Waals surface area contributed by atoms with Gasteiger partial charge in [-0.1, -0.05) is 0 Å². The second kappa shape index (κ2) is 3.01. The lowest BCUT2D eigenvalue weighted by atomic mass is 9.78. The molecule has 5 nitrogen and oxygen atoms in total. The maximum Gasteiger partial charge on any atom is 0.323 e. The minimum absolute atomic E-state index is 0.185. The number of nitrogens with two attached hydrogens (primary N) is 3. The first-order valence-electron chi connectivity index (χ1n) is 3.97. The molecule has 12 heavy (non-hydrogen) atoms. The van der Waals surface area contributed by atoms with Gasteiger partial charge >= 0.3 is 5.97 Å². The number of aliphatic carboxylic acids is 1. The van der Waals surface area contributed by atoms with Crippen LogP contribution in [-0.2, 0) is 4.79 Å². The van der Waals surface area contributed by atoms with E-state index in [2.05, 4.69) is 0 Å². The average molecular weight is 173 g/mol. The van der Waals surface area contributed by atoms with Crippen LogP contribution in [0.3, 0.4) is 0 Å². The van der Waals surface area contributed by atoms with Gasteiger partial charge in [0.15, 0.2) is 0 Å². The van der Waals surface area contributed by atoms with Crippen molar-refractivity contribution in [1.82, 2.24) is 0 Å². The second-order valence-corrected chi connectivity index (χ2v) is 3.63. The monoisotopic (exact) mass is 173 g/mol. The standard InChI is InChI=1S/C7H15N3O2/c8-4-1-5(9)3-7(10,2-4)6(11)12/h4-5H,1-3,8-10H2,(H,11,12). The first-order chi connectivity index (χ1) is 5.44. The number of carboxylic acid groups (broad SMARTS) is 1. The fourth-order valence-corrected chi connectivity index (χ4v) is 1.75. The van der Waals surface area contributed by atoms with E-state index in [9.17, 15) is 4.79 Å². The van der Waals surface area contributed by atoms with Crippen LogP contribution in [0, 0.1) is 0 Å². The Hall–Kier alpha value is -0.650. The third kappa shape index (κ3) is 1.74. The van der Waals surface area contributed by atoms with Crippen molar-refractivity contribution in [2.24, 2.45) is 17.2 Å². The van der Waals surface area contributed by atoms with Crippen molar-refractivity contribution < 1.29 is 9.90 Å². The normalized spacial score (nSPS) is 42.6. The summed E-state index contributed by atoms with van der Waals surface area (Å²) in [5.41, 5.74) is 15.6. The molecule has 5 heteroatoms. The van der Waals surface area contributed by atoms with Gasteiger partial charge in [0.1, 0.15) is 5.54 Å². The topological polar surface area (TPSA) is 115 Å². The van der Waals surface area contributed by atoms with E-state index in [0.29, 0.717) is 19.3 Å². The molecule has 1 rings (SSSR count). The summed E-state index contributed by atoms with van der Waals surface area (Å²) in [6.07, 6.45) is 1.29. The second-order valence-electron chi connectivity index (χ2n) is 3.63. The van der Waals surface area contributed by atoms with Gasteiger partial charge in [-0.25, -0.2) is 0 Å². The van der Waals surface area contributed by atoms with Crippen LogP contribution >= 0.6 is 0 Å². The smallest absolute Gasteiger partial charge is 0.323 e. The van der Waals surface area contributed by atoms with E-state index in [1.54, 1.807) is 0 Å². The molecule has 0 saturated heterocycles.